The molecule has 0 aliphatic carbocycles. The minimum atomic E-state index is -2.83. The van der Waals surface area contributed by atoms with Crippen LogP contribution in [-0.4, -0.2) is 17.2 Å². The number of hydrogen-bond donors (Lipinski definition) is 0. The molecule has 13 rings (SSSR count). The fourth-order valence-corrected chi connectivity index (χ4v) is 16.1. The summed E-state index contributed by atoms with van der Waals surface area (Å²) in [7, 11) is -2.83. The quantitative estimate of drug-likeness (QED) is 0.101. The number of para-hydroxylation sites is 2. The first-order valence-electron chi connectivity index (χ1n) is 23.8. The number of benzene rings is 11. The van der Waals surface area contributed by atoms with Crippen molar-refractivity contribution in [2.24, 2.45) is 0 Å². The lowest BCUT2D eigenvalue weighted by Gasteiger charge is -2.34. The van der Waals surface area contributed by atoms with Gasteiger partial charge in [-0.1, -0.05) is 243 Å². The molecule has 13 aromatic rings. The molecule has 0 fully saturated rings. The Morgan fingerprint density at radius 1 is 0.246 bits per heavy atom. The topological polar surface area (TPSA) is 9.86 Å². The molecule has 2 aromatic heterocycles. The van der Waals surface area contributed by atoms with Crippen LogP contribution < -0.4 is 20.7 Å². The summed E-state index contributed by atoms with van der Waals surface area (Å²) in [6, 6.07) is 103. The van der Waals surface area contributed by atoms with Gasteiger partial charge in [-0.3, -0.25) is 0 Å². The van der Waals surface area contributed by atoms with Gasteiger partial charge in [-0.25, -0.2) is 0 Å². The molecule has 69 heavy (non-hydrogen) atoms. The Labute approximate surface area is 403 Å². The molecule has 2 nitrogen and oxygen atoms in total. The van der Waals surface area contributed by atoms with Crippen molar-refractivity contribution < 1.29 is 0 Å². The molecule has 0 spiro atoms. The molecular weight excluding hydrogens is 849 g/mol. The Kier molecular flexibility index (Phi) is 9.88. The summed E-state index contributed by atoms with van der Waals surface area (Å²) in [5.41, 5.74) is 14.1. The van der Waals surface area contributed by atoms with Crippen LogP contribution in [-0.2, 0) is 0 Å². The van der Waals surface area contributed by atoms with Crippen molar-refractivity contribution >= 4 is 72.4 Å². The highest BCUT2D eigenvalue weighted by atomic mass is 28.3. The van der Waals surface area contributed by atoms with Crippen molar-refractivity contribution in [3.05, 3.63) is 279 Å². The highest BCUT2D eigenvalue weighted by molar-refractivity contribution is 7.20. The zero-order valence-corrected chi connectivity index (χ0v) is 39.0. The number of nitrogens with zero attached hydrogens (tertiary/aromatic N) is 2. The van der Waals surface area contributed by atoms with Crippen molar-refractivity contribution in [3.63, 3.8) is 0 Å². The molecule has 0 atom stereocenters. The van der Waals surface area contributed by atoms with Gasteiger partial charge in [-0.05, 0) is 79.4 Å². The zero-order chi connectivity index (χ0) is 45.7. The van der Waals surface area contributed by atoms with Gasteiger partial charge in [-0.2, -0.15) is 0 Å². The van der Waals surface area contributed by atoms with E-state index in [1.807, 2.05) is 0 Å². The lowest BCUT2D eigenvalue weighted by Crippen LogP contribution is -2.74. The molecule has 0 N–H and O–H groups in total. The minimum absolute atomic E-state index is 1.12. The lowest BCUT2D eigenvalue weighted by molar-refractivity contribution is 1.17. The summed E-state index contributed by atoms with van der Waals surface area (Å²) in [5, 5.41) is 10.3. The molecule has 3 heteroatoms. The Morgan fingerprint density at radius 2 is 0.681 bits per heavy atom. The number of aromatic nitrogens is 2. The van der Waals surface area contributed by atoms with Crippen LogP contribution in [0.4, 0.5) is 0 Å². The van der Waals surface area contributed by atoms with E-state index in [4.69, 9.17) is 0 Å². The van der Waals surface area contributed by atoms with Gasteiger partial charge in [-0.15, -0.1) is 0 Å². The normalized spacial score (nSPS) is 11.8. The molecule has 0 aliphatic rings. The largest absolute Gasteiger partial charge is 0.309 e. The van der Waals surface area contributed by atoms with E-state index < -0.39 is 8.07 Å². The molecule has 0 saturated carbocycles. The van der Waals surface area contributed by atoms with Gasteiger partial charge in [0.15, 0.2) is 8.07 Å². The van der Waals surface area contributed by atoms with Crippen LogP contribution in [0.2, 0.25) is 0 Å². The maximum atomic E-state index is 2.54. The summed E-state index contributed by atoms with van der Waals surface area (Å²) in [5.74, 6) is 0. The molecule has 0 saturated heterocycles. The molecular formula is C66H46N2Si. The van der Waals surface area contributed by atoms with Gasteiger partial charge in [0.05, 0.1) is 27.8 Å². The average molecular weight is 895 g/mol. The third kappa shape index (κ3) is 6.54. The van der Waals surface area contributed by atoms with Gasteiger partial charge >= 0.3 is 0 Å². The summed E-state index contributed by atoms with van der Waals surface area (Å²) < 4.78 is 5.06. The number of rotatable bonds is 9. The van der Waals surface area contributed by atoms with Crippen LogP contribution in [0.25, 0.3) is 88.4 Å². The monoisotopic (exact) mass is 894 g/mol. The van der Waals surface area contributed by atoms with Crippen LogP contribution in [0.3, 0.4) is 0 Å². The van der Waals surface area contributed by atoms with Crippen LogP contribution in [0, 0.1) is 0 Å². The molecule has 0 unspecified atom stereocenters. The van der Waals surface area contributed by atoms with Crippen molar-refractivity contribution in [2.75, 3.05) is 0 Å². The van der Waals surface area contributed by atoms with E-state index in [-0.39, 0.29) is 0 Å². The summed E-state index contributed by atoms with van der Waals surface area (Å²) >= 11 is 0. The standard InChI is InChI=1S/C66H46N2Si/c1-7-23-47(24-8-1)55-36-22-40-63-65(55)60-45-50(41-44-62(60)68(63)66-56(48-25-9-2-10-26-48)37-21-38-57(66)49-27-11-3-12-28-49)67-61-39-20-19-35-58(61)59-43-42-54(46-64(59)67)69(51-29-13-4-14-30-51,52-31-15-5-16-32-52)53-33-17-6-18-34-53/h1-46H. The summed E-state index contributed by atoms with van der Waals surface area (Å²) in [6.07, 6.45) is 0. The second-order valence-electron chi connectivity index (χ2n) is 18.0. The van der Waals surface area contributed by atoms with E-state index in [0.29, 0.717) is 0 Å². The fraction of sp³-hybridized carbons (Fsp3) is 0. The Bertz CT molecular complexity index is 3820. The SMILES string of the molecule is c1ccc(-c2cccc(-c3ccccc3)c2-n2c3ccc(-n4c5ccccc5c5ccc([Si](c6ccccc6)(c6ccccc6)c6ccccc6)cc54)cc3c3c(-c4ccccc4)cccc32)cc1. The van der Waals surface area contributed by atoms with Crippen LogP contribution in [0.5, 0.6) is 0 Å². The summed E-state index contributed by atoms with van der Waals surface area (Å²) in [4.78, 5) is 0. The maximum absolute atomic E-state index is 2.83. The molecule has 0 radical (unpaired) electrons. The third-order valence-corrected chi connectivity index (χ3v) is 19.0. The molecule has 0 aliphatic heterocycles. The second kappa shape index (κ2) is 16.8. The Hall–Kier alpha value is -8.76. The first-order chi connectivity index (χ1) is 34.3. The fourth-order valence-electron chi connectivity index (χ4n) is 11.3. The van der Waals surface area contributed by atoms with Crippen molar-refractivity contribution in [1.82, 2.24) is 9.13 Å². The highest BCUT2D eigenvalue weighted by Crippen LogP contribution is 2.45. The van der Waals surface area contributed by atoms with Crippen molar-refractivity contribution in [2.45, 2.75) is 0 Å². The summed E-state index contributed by atoms with van der Waals surface area (Å²) in [6.45, 7) is 0. The van der Waals surface area contributed by atoms with Gasteiger partial charge in [0.2, 0.25) is 0 Å². The van der Waals surface area contributed by atoms with Crippen LogP contribution in [0.1, 0.15) is 0 Å². The van der Waals surface area contributed by atoms with E-state index in [2.05, 4.69) is 288 Å². The second-order valence-corrected chi connectivity index (χ2v) is 21.8. The lowest BCUT2D eigenvalue weighted by atomic mass is 9.95. The van der Waals surface area contributed by atoms with Gasteiger partial charge in [0.25, 0.3) is 0 Å². The number of hydrogen-bond acceptors (Lipinski definition) is 0. The number of fused-ring (bicyclic) bond motifs is 6. The van der Waals surface area contributed by atoms with E-state index in [0.717, 1.165) is 16.7 Å². The first kappa shape index (κ1) is 40.5. The van der Waals surface area contributed by atoms with E-state index in [1.54, 1.807) is 0 Å². The maximum Gasteiger partial charge on any atom is 0.179 e. The average Bonchev–Trinajstić information content (AvgIpc) is 3.94. The van der Waals surface area contributed by atoms with Gasteiger partial charge < -0.3 is 9.13 Å². The van der Waals surface area contributed by atoms with Crippen molar-refractivity contribution in [3.8, 4) is 44.8 Å². The molecule has 324 valence electrons. The highest BCUT2D eigenvalue weighted by Gasteiger charge is 2.41. The van der Waals surface area contributed by atoms with Crippen LogP contribution in [0.15, 0.2) is 279 Å². The van der Waals surface area contributed by atoms with E-state index >= 15 is 0 Å². The van der Waals surface area contributed by atoms with E-state index in [1.165, 1.54) is 92.4 Å². The Morgan fingerprint density at radius 3 is 1.25 bits per heavy atom. The zero-order valence-electron chi connectivity index (χ0n) is 38.0. The van der Waals surface area contributed by atoms with Gasteiger partial charge in [0, 0.05) is 38.4 Å². The van der Waals surface area contributed by atoms with E-state index in [9.17, 15) is 0 Å². The molecule has 0 bridgehead atoms. The predicted molar refractivity (Wildman–Crippen MR) is 295 cm³/mol. The molecule has 2 heterocycles. The molecule has 0 amide bonds. The predicted octanol–water partition coefficient (Wildman–Crippen LogP) is 14.3. The smallest absolute Gasteiger partial charge is 0.179 e. The van der Waals surface area contributed by atoms with Crippen LogP contribution >= 0.6 is 0 Å². The first-order valence-corrected chi connectivity index (χ1v) is 25.8. The van der Waals surface area contributed by atoms with Crippen molar-refractivity contribution in [1.29, 1.82) is 0 Å². The minimum Gasteiger partial charge on any atom is -0.309 e. The molecule has 11 aromatic carbocycles. The Balaban J connectivity index is 1.13. The third-order valence-electron chi connectivity index (χ3n) is 14.3. The van der Waals surface area contributed by atoms with Gasteiger partial charge in [0.1, 0.15) is 0 Å².